The zero-order valence-electron chi connectivity index (χ0n) is 14.4. The van der Waals surface area contributed by atoms with Gasteiger partial charge in [-0.1, -0.05) is 27.2 Å². The van der Waals surface area contributed by atoms with Gasteiger partial charge in [-0.2, -0.15) is 0 Å². The van der Waals surface area contributed by atoms with Crippen LogP contribution in [0.4, 0.5) is 14.9 Å². The number of amides is 3. The van der Waals surface area contributed by atoms with Crippen LogP contribution in [0.3, 0.4) is 0 Å². The Bertz CT molecular complexity index is 618. The third-order valence-corrected chi connectivity index (χ3v) is 4.83. The monoisotopic (exact) mass is 335 g/mol. The molecule has 1 saturated carbocycles. The summed E-state index contributed by atoms with van der Waals surface area (Å²) in [4.78, 5) is 23.5. The van der Waals surface area contributed by atoms with E-state index in [9.17, 15) is 14.0 Å². The molecule has 0 saturated heterocycles. The SMILES string of the molecule is CC(C)[C@@H]1CC[C@@H](C)C[C@H]1NC(=O)Nc1ccc(F)c(C(N)=O)c1. The lowest BCUT2D eigenvalue weighted by Gasteiger charge is -2.37. The van der Waals surface area contributed by atoms with Gasteiger partial charge in [-0.05, 0) is 48.8 Å². The van der Waals surface area contributed by atoms with Crippen molar-refractivity contribution in [3.8, 4) is 0 Å². The van der Waals surface area contributed by atoms with Crippen LogP contribution in [0.1, 0.15) is 50.4 Å². The smallest absolute Gasteiger partial charge is 0.319 e. The Balaban J connectivity index is 2.04. The van der Waals surface area contributed by atoms with Crippen LogP contribution in [0.2, 0.25) is 0 Å². The minimum atomic E-state index is -0.863. The summed E-state index contributed by atoms with van der Waals surface area (Å²) in [6.07, 6.45) is 3.24. The quantitative estimate of drug-likeness (QED) is 0.786. The second kappa shape index (κ2) is 7.64. The van der Waals surface area contributed by atoms with Gasteiger partial charge in [0.2, 0.25) is 0 Å². The fraction of sp³-hybridized carbons (Fsp3) is 0.556. The standard InChI is InChI=1S/C18H26FN3O2/c1-10(2)13-6-4-11(3)8-16(13)22-18(24)21-12-5-7-15(19)14(9-12)17(20)23/h5,7,9-11,13,16H,4,6,8H2,1-3H3,(H2,20,23)(H2,21,22,24)/t11-,13+,16-/m1/s1. The van der Waals surface area contributed by atoms with Crippen LogP contribution in [0.25, 0.3) is 0 Å². The number of urea groups is 1. The molecule has 3 amide bonds. The molecule has 1 fully saturated rings. The topological polar surface area (TPSA) is 84.2 Å². The maximum atomic E-state index is 13.5. The van der Waals surface area contributed by atoms with E-state index in [0.29, 0.717) is 23.4 Å². The van der Waals surface area contributed by atoms with Crippen LogP contribution in [-0.2, 0) is 0 Å². The van der Waals surface area contributed by atoms with E-state index < -0.39 is 11.7 Å². The molecule has 24 heavy (non-hydrogen) atoms. The maximum absolute atomic E-state index is 13.5. The fourth-order valence-electron chi connectivity index (χ4n) is 3.50. The van der Waals surface area contributed by atoms with Gasteiger partial charge in [0.25, 0.3) is 5.91 Å². The van der Waals surface area contributed by atoms with Crippen molar-refractivity contribution in [1.82, 2.24) is 5.32 Å². The predicted molar refractivity (Wildman–Crippen MR) is 92.2 cm³/mol. The van der Waals surface area contributed by atoms with E-state index in [-0.39, 0.29) is 17.6 Å². The minimum Gasteiger partial charge on any atom is -0.366 e. The molecule has 0 radical (unpaired) electrons. The van der Waals surface area contributed by atoms with E-state index in [4.69, 9.17) is 5.73 Å². The van der Waals surface area contributed by atoms with Crippen molar-refractivity contribution in [2.75, 3.05) is 5.32 Å². The first kappa shape index (κ1) is 18.2. The Morgan fingerprint density at radius 3 is 2.62 bits per heavy atom. The van der Waals surface area contributed by atoms with E-state index in [0.717, 1.165) is 18.9 Å². The zero-order chi connectivity index (χ0) is 17.9. The summed E-state index contributed by atoms with van der Waals surface area (Å²) in [5, 5.41) is 5.69. The number of hydrogen-bond donors (Lipinski definition) is 3. The number of nitrogens with two attached hydrogens (primary N) is 1. The zero-order valence-corrected chi connectivity index (χ0v) is 14.4. The van der Waals surface area contributed by atoms with E-state index in [1.54, 1.807) is 0 Å². The van der Waals surface area contributed by atoms with Gasteiger partial charge in [0.15, 0.2) is 0 Å². The van der Waals surface area contributed by atoms with Crippen LogP contribution >= 0.6 is 0 Å². The Morgan fingerprint density at radius 1 is 1.29 bits per heavy atom. The molecule has 132 valence electrons. The van der Waals surface area contributed by atoms with Crippen molar-refractivity contribution < 1.29 is 14.0 Å². The van der Waals surface area contributed by atoms with E-state index >= 15 is 0 Å². The Hall–Kier alpha value is -2.11. The molecule has 1 aliphatic carbocycles. The number of benzene rings is 1. The molecule has 0 heterocycles. The molecule has 6 heteroatoms. The van der Waals surface area contributed by atoms with Crippen molar-refractivity contribution in [3.63, 3.8) is 0 Å². The summed E-state index contributed by atoms with van der Waals surface area (Å²) < 4.78 is 13.5. The summed E-state index contributed by atoms with van der Waals surface area (Å²) in [7, 11) is 0. The summed E-state index contributed by atoms with van der Waals surface area (Å²) in [6, 6.07) is 3.55. The molecule has 2 rings (SSSR count). The minimum absolute atomic E-state index is 0.116. The molecular formula is C18H26FN3O2. The molecule has 0 aromatic heterocycles. The third kappa shape index (κ3) is 4.46. The number of carbonyl (C=O) groups is 2. The van der Waals surface area contributed by atoms with Crippen molar-refractivity contribution in [3.05, 3.63) is 29.6 Å². The first-order chi connectivity index (χ1) is 11.3. The lowest BCUT2D eigenvalue weighted by atomic mass is 9.74. The average molecular weight is 335 g/mol. The predicted octanol–water partition coefficient (Wildman–Crippen LogP) is 3.51. The van der Waals surface area contributed by atoms with Gasteiger partial charge in [-0.3, -0.25) is 4.79 Å². The first-order valence-corrected chi connectivity index (χ1v) is 8.44. The molecule has 0 spiro atoms. The van der Waals surface area contributed by atoms with Crippen LogP contribution in [0.5, 0.6) is 0 Å². The van der Waals surface area contributed by atoms with Gasteiger partial charge in [0, 0.05) is 11.7 Å². The summed E-state index contributed by atoms with van der Waals surface area (Å²) in [5.41, 5.74) is 5.23. The lowest BCUT2D eigenvalue weighted by molar-refractivity contribution is 0.0996. The van der Waals surface area contributed by atoms with Crippen molar-refractivity contribution in [2.24, 2.45) is 23.5 Å². The third-order valence-electron chi connectivity index (χ3n) is 4.83. The van der Waals surface area contributed by atoms with Gasteiger partial charge in [0.05, 0.1) is 5.56 Å². The molecule has 5 nitrogen and oxygen atoms in total. The van der Waals surface area contributed by atoms with Crippen LogP contribution in [0.15, 0.2) is 18.2 Å². The van der Waals surface area contributed by atoms with E-state index in [2.05, 4.69) is 31.4 Å². The fourth-order valence-corrected chi connectivity index (χ4v) is 3.50. The normalized spacial score (nSPS) is 23.8. The molecular weight excluding hydrogens is 309 g/mol. The largest absolute Gasteiger partial charge is 0.366 e. The average Bonchev–Trinajstić information content (AvgIpc) is 2.48. The molecule has 4 N–H and O–H groups in total. The number of rotatable bonds is 4. The first-order valence-electron chi connectivity index (χ1n) is 8.44. The van der Waals surface area contributed by atoms with Gasteiger partial charge in [-0.15, -0.1) is 0 Å². The Kier molecular flexibility index (Phi) is 5.80. The van der Waals surface area contributed by atoms with Crippen molar-refractivity contribution >= 4 is 17.6 Å². The van der Waals surface area contributed by atoms with Gasteiger partial charge in [-0.25, -0.2) is 9.18 Å². The van der Waals surface area contributed by atoms with Crippen LogP contribution in [0, 0.1) is 23.6 Å². The molecule has 0 unspecified atom stereocenters. The molecule has 0 aliphatic heterocycles. The number of carbonyl (C=O) groups excluding carboxylic acids is 2. The number of halogens is 1. The second-order valence-electron chi connectivity index (χ2n) is 7.09. The Morgan fingerprint density at radius 2 is 2.00 bits per heavy atom. The molecule has 1 aromatic rings. The van der Waals surface area contributed by atoms with Gasteiger partial charge >= 0.3 is 6.03 Å². The molecule has 1 aliphatic rings. The van der Waals surface area contributed by atoms with E-state index in [1.807, 2.05) is 0 Å². The lowest BCUT2D eigenvalue weighted by Crippen LogP contribution is -2.47. The number of primary amides is 1. The highest BCUT2D eigenvalue weighted by Crippen LogP contribution is 2.33. The summed E-state index contributed by atoms with van der Waals surface area (Å²) >= 11 is 0. The van der Waals surface area contributed by atoms with Crippen molar-refractivity contribution in [1.29, 1.82) is 0 Å². The van der Waals surface area contributed by atoms with Gasteiger partial charge < -0.3 is 16.4 Å². The molecule has 1 aromatic carbocycles. The number of anilines is 1. The number of nitrogens with one attached hydrogen (secondary N) is 2. The van der Waals surface area contributed by atoms with Crippen molar-refractivity contribution in [2.45, 2.75) is 46.1 Å². The molecule has 3 atom stereocenters. The van der Waals surface area contributed by atoms with Crippen LogP contribution < -0.4 is 16.4 Å². The number of hydrogen-bond acceptors (Lipinski definition) is 2. The second-order valence-corrected chi connectivity index (χ2v) is 7.09. The summed E-state index contributed by atoms with van der Waals surface area (Å²) in [6.45, 7) is 6.54. The highest BCUT2D eigenvalue weighted by Gasteiger charge is 2.31. The Labute approximate surface area is 142 Å². The van der Waals surface area contributed by atoms with E-state index in [1.165, 1.54) is 18.6 Å². The van der Waals surface area contributed by atoms with Gasteiger partial charge in [0.1, 0.15) is 5.82 Å². The molecule has 0 bridgehead atoms. The highest BCUT2D eigenvalue weighted by molar-refractivity contribution is 5.96. The summed E-state index contributed by atoms with van der Waals surface area (Å²) in [5.74, 6) is -0.0408. The van der Waals surface area contributed by atoms with Crippen LogP contribution in [-0.4, -0.2) is 18.0 Å². The highest BCUT2D eigenvalue weighted by atomic mass is 19.1. The maximum Gasteiger partial charge on any atom is 0.319 e.